The highest BCUT2D eigenvalue weighted by molar-refractivity contribution is 5.94. The zero-order chi connectivity index (χ0) is 18.2. The molecule has 2 atom stereocenters. The third kappa shape index (κ3) is 6.38. The van der Waals surface area contributed by atoms with E-state index in [2.05, 4.69) is 29.8 Å². The average Bonchev–Trinajstić information content (AvgIpc) is 2.59. The normalized spacial score (nSPS) is 22.9. The fourth-order valence-electron chi connectivity index (χ4n) is 3.34. The molecule has 3 N–H and O–H groups in total. The van der Waals surface area contributed by atoms with E-state index in [0.717, 1.165) is 18.4 Å². The predicted molar refractivity (Wildman–Crippen MR) is 97.7 cm³/mol. The van der Waals surface area contributed by atoms with Crippen LogP contribution in [-0.2, 0) is 11.2 Å². The Balaban J connectivity index is 1.69. The Morgan fingerprint density at radius 3 is 2.56 bits per heavy atom. The summed E-state index contributed by atoms with van der Waals surface area (Å²) in [6.45, 7) is 5.37. The predicted octanol–water partition coefficient (Wildman–Crippen LogP) is 2.09. The molecule has 0 unspecified atom stereocenters. The molecular weight excluding hydrogens is 318 g/mol. The van der Waals surface area contributed by atoms with Gasteiger partial charge in [-0.2, -0.15) is 0 Å². The van der Waals surface area contributed by atoms with Crippen LogP contribution in [0, 0.1) is 5.92 Å². The van der Waals surface area contributed by atoms with Gasteiger partial charge in [0.2, 0.25) is 0 Å². The third-order valence-electron chi connectivity index (χ3n) is 4.46. The number of carbonyl (C=O) groups excluding carboxylic acids is 2. The molecule has 6 nitrogen and oxygen atoms in total. The van der Waals surface area contributed by atoms with Crippen LogP contribution < -0.4 is 16.0 Å². The van der Waals surface area contributed by atoms with Crippen LogP contribution in [0.25, 0.3) is 0 Å². The van der Waals surface area contributed by atoms with Gasteiger partial charge in [0.1, 0.15) is 0 Å². The van der Waals surface area contributed by atoms with Gasteiger partial charge in [-0.15, -0.1) is 0 Å². The third-order valence-corrected chi connectivity index (χ3v) is 4.46. The largest absolute Gasteiger partial charge is 0.376 e. The minimum Gasteiger partial charge on any atom is -0.376 e. The van der Waals surface area contributed by atoms with Crippen LogP contribution in [0.1, 0.15) is 42.6 Å². The zero-order valence-electron chi connectivity index (χ0n) is 15.3. The van der Waals surface area contributed by atoms with Gasteiger partial charge >= 0.3 is 6.03 Å². The Morgan fingerprint density at radius 2 is 1.88 bits per heavy atom. The molecule has 1 aliphatic rings. The molecule has 1 aliphatic heterocycles. The second-order valence-electron chi connectivity index (χ2n) is 6.76. The van der Waals surface area contributed by atoms with Crippen molar-refractivity contribution in [1.29, 1.82) is 0 Å². The minimum atomic E-state index is -0.144. The lowest BCUT2D eigenvalue weighted by molar-refractivity contribution is -0.0511. The summed E-state index contributed by atoms with van der Waals surface area (Å²) < 4.78 is 5.71. The van der Waals surface area contributed by atoms with Crippen LogP contribution in [-0.4, -0.2) is 44.3 Å². The Bertz CT molecular complexity index is 581. The molecule has 1 aromatic carbocycles. The lowest BCUT2D eigenvalue weighted by Crippen LogP contribution is -2.41. The summed E-state index contributed by atoms with van der Waals surface area (Å²) >= 11 is 0. The Hall–Kier alpha value is -2.08. The van der Waals surface area contributed by atoms with E-state index in [9.17, 15) is 9.59 Å². The molecule has 1 heterocycles. The van der Waals surface area contributed by atoms with Gasteiger partial charge in [0.05, 0.1) is 12.2 Å². The maximum absolute atomic E-state index is 11.9. The van der Waals surface area contributed by atoms with E-state index in [4.69, 9.17) is 4.74 Å². The summed E-state index contributed by atoms with van der Waals surface area (Å²) in [5.74, 6) is 0.362. The first-order valence-corrected chi connectivity index (χ1v) is 8.96. The van der Waals surface area contributed by atoms with Crippen molar-refractivity contribution >= 4 is 11.9 Å². The molecule has 0 saturated carbocycles. The summed E-state index contributed by atoms with van der Waals surface area (Å²) in [6, 6.07) is 7.29. The quantitative estimate of drug-likeness (QED) is 0.737. The van der Waals surface area contributed by atoms with Crippen LogP contribution in [0.15, 0.2) is 24.3 Å². The molecule has 1 fully saturated rings. The molecule has 6 heteroatoms. The minimum absolute atomic E-state index is 0.104. The first-order valence-electron chi connectivity index (χ1n) is 8.96. The molecule has 138 valence electrons. The SMILES string of the molecule is CNC(=O)c1cccc(CCNC(=O)NCC2C[C@H](C)O[C@@H](C)C2)c1. The van der Waals surface area contributed by atoms with E-state index in [1.54, 1.807) is 13.1 Å². The molecular formula is C19H29N3O3. The monoisotopic (exact) mass is 347 g/mol. The van der Waals surface area contributed by atoms with Crippen molar-refractivity contribution in [3.05, 3.63) is 35.4 Å². The highest BCUT2D eigenvalue weighted by Gasteiger charge is 2.24. The van der Waals surface area contributed by atoms with Gasteiger partial charge in [-0.05, 0) is 56.7 Å². The lowest BCUT2D eigenvalue weighted by atomic mass is 9.92. The standard InChI is InChI=1S/C19H29N3O3/c1-13-9-16(10-14(2)25-13)12-22-19(24)21-8-7-15-5-4-6-17(11-15)18(23)20-3/h4-6,11,13-14,16H,7-10,12H2,1-3H3,(H,20,23)(H2,21,22,24)/t13-,14-/m0/s1. The van der Waals surface area contributed by atoms with Crippen molar-refractivity contribution in [2.75, 3.05) is 20.1 Å². The Labute approximate surface area is 149 Å². The highest BCUT2D eigenvalue weighted by Crippen LogP contribution is 2.23. The number of nitrogens with one attached hydrogen (secondary N) is 3. The smallest absolute Gasteiger partial charge is 0.314 e. The maximum Gasteiger partial charge on any atom is 0.314 e. The summed E-state index contributed by atoms with van der Waals surface area (Å²) in [7, 11) is 1.61. The molecule has 0 aromatic heterocycles. The fraction of sp³-hybridized carbons (Fsp3) is 0.579. The summed E-state index contributed by atoms with van der Waals surface area (Å²) in [5.41, 5.74) is 1.65. The van der Waals surface area contributed by atoms with Crippen molar-refractivity contribution in [2.45, 2.75) is 45.3 Å². The van der Waals surface area contributed by atoms with Crippen LogP contribution >= 0.6 is 0 Å². The molecule has 0 radical (unpaired) electrons. The number of benzene rings is 1. The summed E-state index contributed by atoms with van der Waals surface area (Å²) in [4.78, 5) is 23.6. The second-order valence-corrected chi connectivity index (χ2v) is 6.76. The average molecular weight is 347 g/mol. The van der Waals surface area contributed by atoms with Gasteiger partial charge in [-0.1, -0.05) is 12.1 Å². The second kappa shape index (κ2) is 9.42. The molecule has 0 aliphatic carbocycles. The Kier molecular flexibility index (Phi) is 7.25. The van der Waals surface area contributed by atoms with Crippen LogP contribution in [0.5, 0.6) is 0 Å². The highest BCUT2D eigenvalue weighted by atomic mass is 16.5. The zero-order valence-corrected chi connectivity index (χ0v) is 15.3. The molecule has 0 bridgehead atoms. The summed E-state index contributed by atoms with van der Waals surface area (Å²) in [6.07, 6.45) is 3.16. The lowest BCUT2D eigenvalue weighted by Gasteiger charge is -2.32. The molecule has 1 saturated heterocycles. The van der Waals surface area contributed by atoms with Crippen LogP contribution in [0.2, 0.25) is 0 Å². The number of rotatable bonds is 6. The topological polar surface area (TPSA) is 79.5 Å². The molecule has 2 rings (SSSR count). The van der Waals surface area contributed by atoms with E-state index in [-0.39, 0.29) is 24.1 Å². The maximum atomic E-state index is 11.9. The molecule has 25 heavy (non-hydrogen) atoms. The van der Waals surface area contributed by atoms with E-state index in [0.29, 0.717) is 31.0 Å². The van der Waals surface area contributed by atoms with Crippen molar-refractivity contribution < 1.29 is 14.3 Å². The van der Waals surface area contributed by atoms with Crippen molar-refractivity contribution in [3.63, 3.8) is 0 Å². The van der Waals surface area contributed by atoms with Gasteiger partial charge in [0.25, 0.3) is 5.91 Å². The van der Waals surface area contributed by atoms with E-state index in [1.807, 2.05) is 18.2 Å². The van der Waals surface area contributed by atoms with E-state index < -0.39 is 0 Å². The molecule has 3 amide bonds. The fourth-order valence-corrected chi connectivity index (χ4v) is 3.34. The van der Waals surface area contributed by atoms with E-state index >= 15 is 0 Å². The van der Waals surface area contributed by atoms with Gasteiger partial charge < -0.3 is 20.7 Å². The molecule has 0 spiro atoms. The number of hydrogen-bond acceptors (Lipinski definition) is 3. The van der Waals surface area contributed by atoms with Gasteiger partial charge in [-0.25, -0.2) is 4.79 Å². The number of ether oxygens (including phenoxy) is 1. The first kappa shape index (κ1) is 19.2. The number of hydrogen-bond donors (Lipinski definition) is 3. The van der Waals surface area contributed by atoms with Gasteiger partial charge in [0.15, 0.2) is 0 Å². The van der Waals surface area contributed by atoms with Crippen LogP contribution in [0.3, 0.4) is 0 Å². The van der Waals surface area contributed by atoms with E-state index in [1.165, 1.54) is 0 Å². The number of carbonyl (C=O) groups is 2. The van der Waals surface area contributed by atoms with Crippen molar-refractivity contribution in [1.82, 2.24) is 16.0 Å². The number of amides is 3. The molecule has 1 aromatic rings. The van der Waals surface area contributed by atoms with Crippen molar-refractivity contribution in [3.8, 4) is 0 Å². The van der Waals surface area contributed by atoms with Gasteiger partial charge in [0, 0.05) is 25.7 Å². The number of urea groups is 1. The van der Waals surface area contributed by atoms with Gasteiger partial charge in [-0.3, -0.25) is 4.79 Å². The summed E-state index contributed by atoms with van der Waals surface area (Å²) in [5, 5.41) is 8.43. The van der Waals surface area contributed by atoms with Crippen LogP contribution in [0.4, 0.5) is 4.79 Å². The Morgan fingerprint density at radius 1 is 1.16 bits per heavy atom. The van der Waals surface area contributed by atoms with Crippen molar-refractivity contribution in [2.24, 2.45) is 5.92 Å². The first-order chi connectivity index (χ1) is 12.0.